The molecule has 0 bridgehead atoms. The van der Waals surface area contributed by atoms with Crippen LogP contribution in [0.15, 0.2) is 48.5 Å². The highest BCUT2D eigenvalue weighted by molar-refractivity contribution is 5.30. The summed E-state index contributed by atoms with van der Waals surface area (Å²) in [5, 5.41) is 9.36. The Balaban J connectivity index is 1.29. The second kappa shape index (κ2) is 7.40. The molecule has 1 saturated heterocycles. The number of phenolic OH excluding ortho intramolecular Hbond substituents is 1. The molecule has 138 valence electrons. The van der Waals surface area contributed by atoms with Crippen LogP contribution in [-0.4, -0.2) is 29.6 Å². The van der Waals surface area contributed by atoms with E-state index in [9.17, 15) is 9.50 Å². The molecule has 1 unspecified atom stereocenters. The lowest BCUT2D eigenvalue weighted by Gasteiger charge is -2.23. The molecule has 4 atom stereocenters. The average molecular weight is 353 g/mol. The monoisotopic (exact) mass is 353 g/mol. The number of hydrogen-bond donors (Lipinski definition) is 1. The van der Waals surface area contributed by atoms with E-state index in [0.717, 1.165) is 29.9 Å². The summed E-state index contributed by atoms with van der Waals surface area (Å²) in [5.41, 5.74) is 2.44. The molecular formula is C23H28FNO. The van der Waals surface area contributed by atoms with E-state index in [-0.39, 0.29) is 11.7 Å². The number of halogens is 1. The van der Waals surface area contributed by atoms with Crippen LogP contribution in [0.4, 0.5) is 4.39 Å². The summed E-state index contributed by atoms with van der Waals surface area (Å²) in [7, 11) is 0. The van der Waals surface area contributed by atoms with Crippen LogP contribution in [0.2, 0.25) is 0 Å². The van der Waals surface area contributed by atoms with Gasteiger partial charge in [-0.25, -0.2) is 4.39 Å². The van der Waals surface area contributed by atoms with Gasteiger partial charge in [0.2, 0.25) is 0 Å². The molecule has 2 aliphatic rings. The van der Waals surface area contributed by atoms with Crippen molar-refractivity contribution in [1.82, 2.24) is 4.90 Å². The highest BCUT2D eigenvalue weighted by atomic mass is 19.1. The first-order valence-electron chi connectivity index (χ1n) is 9.83. The molecule has 1 aliphatic carbocycles. The van der Waals surface area contributed by atoms with Gasteiger partial charge in [-0.2, -0.15) is 0 Å². The second-order valence-electron chi connectivity index (χ2n) is 8.38. The van der Waals surface area contributed by atoms with Crippen molar-refractivity contribution >= 4 is 0 Å². The fourth-order valence-electron chi connectivity index (χ4n) is 5.11. The molecule has 26 heavy (non-hydrogen) atoms. The van der Waals surface area contributed by atoms with Gasteiger partial charge in [0.1, 0.15) is 0 Å². The van der Waals surface area contributed by atoms with E-state index in [0.29, 0.717) is 0 Å². The third kappa shape index (κ3) is 3.78. The lowest BCUT2D eigenvalue weighted by molar-refractivity contribution is 0.283. The molecule has 2 fully saturated rings. The molecular weight excluding hydrogens is 325 g/mol. The number of aromatic hydroxyl groups is 1. The highest BCUT2D eigenvalue weighted by Crippen LogP contribution is 2.43. The third-order valence-electron chi connectivity index (χ3n) is 6.36. The predicted molar refractivity (Wildman–Crippen MR) is 103 cm³/mol. The minimum atomic E-state index is -0.517. The lowest BCUT2D eigenvalue weighted by atomic mass is 9.96. The van der Waals surface area contributed by atoms with Crippen molar-refractivity contribution in [2.75, 3.05) is 19.6 Å². The zero-order chi connectivity index (χ0) is 18.1. The molecule has 1 heterocycles. The van der Waals surface area contributed by atoms with Crippen LogP contribution in [0.25, 0.3) is 0 Å². The molecule has 1 aliphatic heterocycles. The molecule has 1 N–H and O–H groups in total. The standard InChI is InChI=1S/C23H28FNO/c1-16(19-7-8-23(26)22(24)12-19)13-25-14-20-10-18(11-21(20)15-25)9-17-5-3-2-4-6-17/h2-8,12,16,18,20-21,26H,9-11,13-15H2,1H3/t16?,18-,20-,21+. The first-order chi connectivity index (χ1) is 12.6. The Hall–Kier alpha value is -1.87. The van der Waals surface area contributed by atoms with Gasteiger partial charge in [0.15, 0.2) is 11.6 Å². The van der Waals surface area contributed by atoms with Crippen molar-refractivity contribution in [2.45, 2.75) is 32.1 Å². The minimum absolute atomic E-state index is 0.263. The Morgan fingerprint density at radius 1 is 1.08 bits per heavy atom. The van der Waals surface area contributed by atoms with E-state index < -0.39 is 5.82 Å². The fourth-order valence-corrected chi connectivity index (χ4v) is 5.11. The number of nitrogens with zero attached hydrogens (tertiary/aromatic N) is 1. The summed E-state index contributed by atoms with van der Waals surface area (Å²) in [6.45, 7) is 5.49. The van der Waals surface area contributed by atoms with Gasteiger partial charge in [0.05, 0.1) is 0 Å². The van der Waals surface area contributed by atoms with Crippen molar-refractivity contribution in [3.63, 3.8) is 0 Å². The van der Waals surface area contributed by atoms with Gasteiger partial charge in [-0.15, -0.1) is 0 Å². The van der Waals surface area contributed by atoms with Crippen LogP contribution in [0.5, 0.6) is 5.75 Å². The fraction of sp³-hybridized carbons (Fsp3) is 0.478. The second-order valence-corrected chi connectivity index (χ2v) is 8.38. The van der Waals surface area contributed by atoms with Crippen LogP contribution in [0.1, 0.15) is 36.8 Å². The van der Waals surface area contributed by atoms with Gasteiger partial charge < -0.3 is 10.0 Å². The summed E-state index contributed by atoms with van der Waals surface area (Å²) in [6, 6.07) is 15.7. The largest absolute Gasteiger partial charge is 0.505 e. The van der Waals surface area contributed by atoms with Crippen LogP contribution in [0, 0.1) is 23.6 Å². The van der Waals surface area contributed by atoms with Crippen molar-refractivity contribution in [3.05, 3.63) is 65.5 Å². The Bertz CT molecular complexity index is 733. The van der Waals surface area contributed by atoms with Crippen LogP contribution >= 0.6 is 0 Å². The first-order valence-corrected chi connectivity index (χ1v) is 9.83. The number of rotatable bonds is 5. The number of fused-ring (bicyclic) bond motifs is 1. The van der Waals surface area contributed by atoms with Crippen molar-refractivity contribution < 1.29 is 9.50 Å². The first kappa shape index (κ1) is 17.5. The van der Waals surface area contributed by atoms with Gasteiger partial charge in [0, 0.05) is 19.6 Å². The Morgan fingerprint density at radius 2 is 1.77 bits per heavy atom. The van der Waals surface area contributed by atoms with Crippen LogP contribution < -0.4 is 0 Å². The van der Waals surface area contributed by atoms with Gasteiger partial charge in [-0.1, -0.05) is 43.3 Å². The molecule has 2 aromatic carbocycles. The molecule has 3 heteroatoms. The van der Waals surface area contributed by atoms with E-state index in [2.05, 4.69) is 42.2 Å². The SMILES string of the molecule is CC(CN1C[C@H]2C[C@@H](Cc3ccccc3)C[C@H]2C1)c1ccc(O)c(F)c1. The maximum absolute atomic E-state index is 13.6. The summed E-state index contributed by atoms with van der Waals surface area (Å²) >= 11 is 0. The molecule has 2 nitrogen and oxygen atoms in total. The molecule has 0 aromatic heterocycles. The minimum Gasteiger partial charge on any atom is -0.505 e. The maximum atomic E-state index is 13.6. The number of benzene rings is 2. The topological polar surface area (TPSA) is 23.5 Å². The van der Waals surface area contributed by atoms with Crippen LogP contribution in [0.3, 0.4) is 0 Å². The quantitative estimate of drug-likeness (QED) is 0.832. The van der Waals surface area contributed by atoms with E-state index in [4.69, 9.17) is 0 Å². The molecule has 2 aromatic rings. The average Bonchev–Trinajstić information content (AvgIpc) is 3.16. The van der Waals surface area contributed by atoms with Crippen molar-refractivity contribution in [1.29, 1.82) is 0 Å². The Kier molecular flexibility index (Phi) is 4.99. The van der Waals surface area contributed by atoms with Gasteiger partial charge in [0.25, 0.3) is 0 Å². The van der Waals surface area contributed by atoms with E-state index in [1.807, 2.05) is 6.07 Å². The van der Waals surface area contributed by atoms with Crippen molar-refractivity contribution in [2.24, 2.45) is 17.8 Å². The van der Waals surface area contributed by atoms with Crippen molar-refractivity contribution in [3.8, 4) is 5.75 Å². The van der Waals surface area contributed by atoms with E-state index in [1.165, 1.54) is 50.0 Å². The summed E-state index contributed by atoms with van der Waals surface area (Å²) < 4.78 is 13.6. The molecule has 4 rings (SSSR count). The molecule has 0 spiro atoms. The number of hydrogen-bond acceptors (Lipinski definition) is 2. The molecule has 0 amide bonds. The number of likely N-dealkylation sites (tertiary alicyclic amines) is 1. The van der Waals surface area contributed by atoms with Crippen LogP contribution in [-0.2, 0) is 6.42 Å². The Labute approximate surface area is 155 Å². The number of phenols is 1. The Morgan fingerprint density at radius 3 is 2.42 bits per heavy atom. The zero-order valence-corrected chi connectivity index (χ0v) is 15.4. The van der Waals surface area contributed by atoms with Gasteiger partial charge in [-0.05, 0) is 66.2 Å². The van der Waals surface area contributed by atoms with E-state index in [1.54, 1.807) is 0 Å². The zero-order valence-electron chi connectivity index (χ0n) is 15.4. The maximum Gasteiger partial charge on any atom is 0.165 e. The van der Waals surface area contributed by atoms with E-state index >= 15 is 0 Å². The summed E-state index contributed by atoms with van der Waals surface area (Å²) in [6.07, 6.45) is 3.91. The normalized spacial score (nSPS) is 26.8. The molecule has 1 saturated carbocycles. The third-order valence-corrected chi connectivity index (χ3v) is 6.36. The predicted octanol–water partition coefficient (Wildman–Crippen LogP) is 4.84. The molecule has 0 radical (unpaired) electrons. The summed E-state index contributed by atoms with van der Waals surface area (Å²) in [4.78, 5) is 2.56. The van der Waals surface area contributed by atoms with Gasteiger partial charge in [-0.3, -0.25) is 0 Å². The lowest BCUT2D eigenvalue weighted by Crippen LogP contribution is -2.27. The smallest absolute Gasteiger partial charge is 0.165 e. The van der Waals surface area contributed by atoms with Gasteiger partial charge >= 0.3 is 0 Å². The highest BCUT2D eigenvalue weighted by Gasteiger charge is 2.40. The summed E-state index contributed by atoms with van der Waals surface area (Å²) in [5.74, 6) is 1.99.